The maximum atomic E-state index is 11.9. The highest BCUT2D eigenvalue weighted by Crippen LogP contribution is 2.27. The van der Waals surface area contributed by atoms with Crippen molar-refractivity contribution in [3.63, 3.8) is 0 Å². The molecule has 1 aromatic rings. The maximum Gasteiger partial charge on any atom is 0.227 e. The summed E-state index contributed by atoms with van der Waals surface area (Å²) < 4.78 is 0. The smallest absolute Gasteiger partial charge is 0.227 e. The number of aliphatic hydroxyl groups excluding tert-OH is 2. The summed E-state index contributed by atoms with van der Waals surface area (Å²) in [7, 11) is 0. The average Bonchev–Trinajstić information content (AvgIpc) is 2.79. The molecule has 0 aliphatic carbocycles. The summed E-state index contributed by atoms with van der Waals surface area (Å²) in [5.74, 6) is 0.228. The Balaban J connectivity index is 2.32. The van der Waals surface area contributed by atoms with Crippen molar-refractivity contribution in [3.05, 3.63) is 42.0 Å². The first-order valence-electron chi connectivity index (χ1n) is 5.95. The molecule has 1 aliphatic rings. The second-order valence-corrected chi connectivity index (χ2v) is 4.53. The lowest BCUT2D eigenvalue weighted by Crippen LogP contribution is -2.24. The molecule has 0 bridgehead atoms. The maximum absolute atomic E-state index is 11.9. The zero-order valence-electron chi connectivity index (χ0n) is 10.2. The van der Waals surface area contributed by atoms with Gasteiger partial charge in [-0.05, 0) is 23.3 Å². The summed E-state index contributed by atoms with van der Waals surface area (Å²) in [6.45, 7) is 4.12. The molecule has 96 valence electrons. The van der Waals surface area contributed by atoms with Crippen LogP contribution < -0.4 is 4.90 Å². The topological polar surface area (TPSA) is 60.8 Å². The summed E-state index contributed by atoms with van der Waals surface area (Å²) in [5.41, 5.74) is 2.14. The van der Waals surface area contributed by atoms with Crippen molar-refractivity contribution >= 4 is 11.6 Å². The van der Waals surface area contributed by atoms with Crippen molar-refractivity contribution in [1.29, 1.82) is 0 Å². The van der Waals surface area contributed by atoms with Crippen molar-refractivity contribution in [2.45, 2.75) is 19.6 Å². The number of aliphatic hydroxyl groups is 2. The molecule has 1 amide bonds. The lowest BCUT2D eigenvalue weighted by atomic mass is 10.1. The van der Waals surface area contributed by atoms with Gasteiger partial charge in [0.2, 0.25) is 5.91 Å². The molecule has 0 spiro atoms. The predicted molar refractivity (Wildman–Crippen MR) is 68.9 cm³/mol. The number of hydrogen-bond acceptors (Lipinski definition) is 3. The molecule has 1 saturated heterocycles. The minimum atomic E-state index is -0.103. The standard InChI is InChI=1S/C14H17NO3/c1-2-10-6-14(18)15(7-10)13-4-11(8-16)3-12(5-13)9-17/h2-5,10,16-17H,1,6-9H2. The fraction of sp³-hybridized carbons (Fsp3) is 0.357. The van der Waals surface area contributed by atoms with Crippen LogP contribution in [-0.2, 0) is 18.0 Å². The molecule has 4 heteroatoms. The fourth-order valence-corrected chi connectivity index (χ4v) is 2.22. The van der Waals surface area contributed by atoms with E-state index in [0.29, 0.717) is 24.1 Å². The second kappa shape index (κ2) is 5.33. The van der Waals surface area contributed by atoms with E-state index < -0.39 is 0 Å². The number of anilines is 1. The van der Waals surface area contributed by atoms with E-state index in [4.69, 9.17) is 0 Å². The van der Waals surface area contributed by atoms with Gasteiger partial charge < -0.3 is 15.1 Å². The molecule has 1 atom stereocenters. The Morgan fingerprint density at radius 2 is 1.89 bits per heavy atom. The molecule has 1 aromatic carbocycles. The summed E-state index contributed by atoms with van der Waals surface area (Å²) in [5, 5.41) is 18.4. The Hall–Kier alpha value is -1.65. The van der Waals surface area contributed by atoms with E-state index in [1.165, 1.54) is 0 Å². The van der Waals surface area contributed by atoms with Gasteiger partial charge in [-0.25, -0.2) is 0 Å². The fourth-order valence-electron chi connectivity index (χ4n) is 2.22. The minimum Gasteiger partial charge on any atom is -0.392 e. The number of rotatable bonds is 4. The van der Waals surface area contributed by atoms with Crippen molar-refractivity contribution in [1.82, 2.24) is 0 Å². The van der Waals surface area contributed by atoms with Gasteiger partial charge in [-0.15, -0.1) is 6.58 Å². The predicted octanol–water partition coefficient (Wildman–Crippen LogP) is 1.21. The van der Waals surface area contributed by atoms with Crippen LogP contribution in [0.3, 0.4) is 0 Å². The third kappa shape index (κ3) is 2.44. The van der Waals surface area contributed by atoms with Crippen LogP contribution in [0.2, 0.25) is 0 Å². The molecule has 0 aromatic heterocycles. The first-order valence-corrected chi connectivity index (χ1v) is 5.95. The molecular weight excluding hydrogens is 230 g/mol. The van der Waals surface area contributed by atoms with E-state index in [2.05, 4.69) is 6.58 Å². The van der Waals surface area contributed by atoms with Crippen LogP contribution in [0.5, 0.6) is 0 Å². The third-order valence-electron chi connectivity index (χ3n) is 3.20. The molecule has 2 rings (SSSR count). The van der Waals surface area contributed by atoms with Crippen LogP contribution >= 0.6 is 0 Å². The van der Waals surface area contributed by atoms with Crippen LogP contribution in [0, 0.1) is 5.92 Å². The number of carbonyl (C=O) groups is 1. The normalized spacial score (nSPS) is 19.3. The van der Waals surface area contributed by atoms with Crippen molar-refractivity contribution in [2.75, 3.05) is 11.4 Å². The Morgan fingerprint density at radius 1 is 1.28 bits per heavy atom. The molecule has 0 radical (unpaired) electrons. The van der Waals surface area contributed by atoms with E-state index in [9.17, 15) is 15.0 Å². The third-order valence-corrected chi connectivity index (χ3v) is 3.20. The van der Waals surface area contributed by atoms with Crippen LogP contribution in [-0.4, -0.2) is 22.7 Å². The highest BCUT2D eigenvalue weighted by molar-refractivity contribution is 5.96. The van der Waals surface area contributed by atoms with Gasteiger partial charge in [-0.3, -0.25) is 4.79 Å². The Morgan fingerprint density at radius 3 is 2.33 bits per heavy atom. The van der Waals surface area contributed by atoms with Gasteiger partial charge in [0.25, 0.3) is 0 Å². The molecule has 1 unspecified atom stereocenters. The molecule has 2 N–H and O–H groups in total. The first-order chi connectivity index (χ1) is 8.67. The van der Waals surface area contributed by atoms with Gasteiger partial charge in [-0.1, -0.05) is 12.1 Å². The van der Waals surface area contributed by atoms with Crippen LogP contribution in [0.15, 0.2) is 30.9 Å². The highest BCUT2D eigenvalue weighted by Gasteiger charge is 2.28. The monoisotopic (exact) mass is 247 g/mol. The second-order valence-electron chi connectivity index (χ2n) is 4.53. The van der Waals surface area contributed by atoms with E-state index >= 15 is 0 Å². The van der Waals surface area contributed by atoms with Gasteiger partial charge in [-0.2, -0.15) is 0 Å². The Labute approximate surface area is 106 Å². The van der Waals surface area contributed by atoms with E-state index in [0.717, 1.165) is 5.69 Å². The molecular formula is C14H17NO3. The van der Waals surface area contributed by atoms with Gasteiger partial charge in [0.05, 0.1) is 13.2 Å². The summed E-state index contributed by atoms with van der Waals surface area (Å²) >= 11 is 0. The number of nitrogens with zero attached hydrogens (tertiary/aromatic N) is 1. The Bertz CT molecular complexity index is 448. The molecule has 0 saturated carbocycles. The van der Waals surface area contributed by atoms with E-state index in [1.807, 2.05) is 0 Å². The van der Waals surface area contributed by atoms with Crippen molar-refractivity contribution in [2.24, 2.45) is 5.92 Å². The number of hydrogen-bond donors (Lipinski definition) is 2. The lowest BCUT2D eigenvalue weighted by molar-refractivity contribution is -0.117. The van der Waals surface area contributed by atoms with Gasteiger partial charge >= 0.3 is 0 Å². The van der Waals surface area contributed by atoms with Gasteiger partial charge in [0.15, 0.2) is 0 Å². The van der Waals surface area contributed by atoms with Crippen LogP contribution in [0.25, 0.3) is 0 Å². The van der Waals surface area contributed by atoms with Gasteiger partial charge in [0, 0.05) is 24.6 Å². The van der Waals surface area contributed by atoms with Crippen LogP contribution in [0.4, 0.5) is 5.69 Å². The van der Waals surface area contributed by atoms with Crippen LogP contribution in [0.1, 0.15) is 17.5 Å². The molecule has 1 heterocycles. The van der Waals surface area contributed by atoms with E-state index in [-0.39, 0.29) is 25.0 Å². The summed E-state index contributed by atoms with van der Waals surface area (Å²) in [4.78, 5) is 13.6. The zero-order valence-corrected chi connectivity index (χ0v) is 10.2. The number of carbonyl (C=O) groups excluding carboxylic acids is 1. The summed E-state index contributed by atoms with van der Waals surface area (Å²) in [6, 6.07) is 5.29. The highest BCUT2D eigenvalue weighted by atomic mass is 16.3. The van der Waals surface area contributed by atoms with E-state index in [1.54, 1.807) is 29.2 Å². The number of benzene rings is 1. The van der Waals surface area contributed by atoms with Crippen molar-refractivity contribution < 1.29 is 15.0 Å². The lowest BCUT2D eigenvalue weighted by Gasteiger charge is -2.18. The zero-order chi connectivity index (χ0) is 13.1. The average molecular weight is 247 g/mol. The Kier molecular flexibility index (Phi) is 3.79. The SMILES string of the molecule is C=CC1CC(=O)N(c2cc(CO)cc(CO)c2)C1. The van der Waals surface area contributed by atoms with Gasteiger partial charge in [0.1, 0.15) is 0 Å². The molecule has 18 heavy (non-hydrogen) atoms. The minimum absolute atomic E-state index is 0.0545. The first kappa shape index (κ1) is 12.8. The van der Waals surface area contributed by atoms with Crippen molar-refractivity contribution in [3.8, 4) is 0 Å². The quantitative estimate of drug-likeness (QED) is 0.786. The summed E-state index contributed by atoms with van der Waals surface area (Å²) in [6.07, 6.45) is 2.27. The molecule has 4 nitrogen and oxygen atoms in total. The largest absolute Gasteiger partial charge is 0.392 e. The molecule has 1 fully saturated rings. The number of amides is 1. The molecule has 1 aliphatic heterocycles.